The minimum atomic E-state index is -3.43. The average molecular weight is 394 g/mol. The molecule has 3 rings (SSSR count). The van der Waals surface area contributed by atoms with E-state index in [1.165, 1.54) is 15.6 Å². The Balaban J connectivity index is 1.55. The van der Waals surface area contributed by atoms with Gasteiger partial charge in [-0.05, 0) is 49.3 Å². The SMILES string of the molecule is Cc1ccc(C)c(COC(=O)C2CCN(S(=O)(=O)c3cccs3)CC2)c1. The molecule has 1 aromatic heterocycles. The molecule has 1 saturated heterocycles. The maximum Gasteiger partial charge on any atom is 0.309 e. The molecule has 1 aliphatic rings. The van der Waals surface area contributed by atoms with Crippen LogP contribution >= 0.6 is 11.3 Å². The number of nitrogens with zero attached hydrogens (tertiary/aromatic N) is 1. The van der Waals surface area contributed by atoms with Crippen molar-refractivity contribution < 1.29 is 17.9 Å². The highest BCUT2D eigenvalue weighted by Gasteiger charge is 2.33. The summed E-state index contributed by atoms with van der Waals surface area (Å²) < 4.78 is 32.4. The van der Waals surface area contributed by atoms with Crippen LogP contribution in [0.3, 0.4) is 0 Å². The predicted octanol–water partition coefficient (Wildman–Crippen LogP) is 3.51. The number of carbonyl (C=O) groups is 1. The molecular formula is C19H23NO4S2. The van der Waals surface area contributed by atoms with Crippen LogP contribution in [0.5, 0.6) is 0 Å². The Morgan fingerprint density at radius 2 is 1.96 bits per heavy atom. The Morgan fingerprint density at radius 3 is 2.62 bits per heavy atom. The Morgan fingerprint density at radius 1 is 1.23 bits per heavy atom. The van der Waals surface area contributed by atoms with E-state index in [0.29, 0.717) is 30.1 Å². The number of rotatable bonds is 5. The Labute approximate surface area is 158 Å². The van der Waals surface area contributed by atoms with Gasteiger partial charge in [-0.15, -0.1) is 11.3 Å². The van der Waals surface area contributed by atoms with Crippen molar-refractivity contribution in [3.05, 3.63) is 52.4 Å². The van der Waals surface area contributed by atoms with E-state index >= 15 is 0 Å². The molecule has 0 unspecified atom stereocenters. The van der Waals surface area contributed by atoms with Crippen molar-refractivity contribution in [2.24, 2.45) is 5.92 Å². The quantitative estimate of drug-likeness (QED) is 0.729. The van der Waals surface area contributed by atoms with Crippen molar-refractivity contribution >= 4 is 27.3 Å². The van der Waals surface area contributed by atoms with Crippen molar-refractivity contribution in [1.29, 1.82) is 0 Å². The van der Waals surface area contributed by atoms with Crippen LogP contribution in [0.4, 0.5) is 0 Å². The molecule has 5 nitrogen and oxygen atoms in total. The van der Waals surface area contributed by atoms with Crippen LogP contribution in [-0.2, 0) is 26.2 Å². The molecule has 0 N–H and O–H groups in total. The third-order valence-corrected chi connectivity index (χ3v) is 8.02. The molecule has 0 aliphatic carbocycles. The largest absolute Gasteiger partial charge is 0.461 e. The van der Waals surface area contributed by atoms with Gasteiger partial charge in [0.1, 0.15) is 10.8 Å². The van der Waals surface area contributed by atoms with Crippen molar-refractivity contribution in [1.82, 2.24) is 4.31 Å². The van der Waals surface area contributed by atoms with Crippen molar-refractivity contribution in [2.45, 2.75) is 37.5 Å². The molecular weight excluding hydrogens is 370 g/mol. The first-order valence-electron chi connectivity index (χ1n) is 8.64. The number of benzene rings is 1. The van der Waals surface area contributed by atoms with E-state index in [0.717, 1.165) is 16.7 Å². The van der Waals surface area contributed by atoms with E-state index in [4.69, 9.17) is 4.74 Å². The van der Waals surface area contributed by atoms with Gasteiger partial charge in [-0.25, -0.2) is 8.42 Å². The van der Waals surface area contributed by atoms with E-state index < -0.39 is 10.0 Å². The molecule has 2 aromatic rings. The second-order valence-corrected chi connectivity index (χ2v) is 9.76. The van der Waals surface area contributed by atoms with E-state index in [-0.39, 0.29) is 18.5 Å². The summed E-state index contributed by atoms with van der Waals surface area (Å²) in [5.74, 6) is -0.478. The summed E-state index contributed by atoms with van der Waals surface area (Å²) in [6.07, 6.45) is 0.993. The number of ether oxygens (including phenoxy) is 1. The average Bonchev–Trinajstić information content (AvgIpc) is 3.18. The summed E-state index contributed by atoms with van der Waals surface area (Å²) in [6.45, 7) is 4.97. The number of hydrogen-bond donors (Lipinski definition) is 0. The molecule has 140 valence electrons. The van der Waals surface area contributed by atoms with Crippen LogP contribution in [-0.4, -0.2) is 31.8 Å². The summed E-state index contributed by atoms with van der Waals surface area (Å²) in [5.41, 5.74) is 3.24. The maximum atomic E-state index is 12.5. The highest BCUT2D eigenvalue weighted by molar-refractivity contribution is 7.91. The van der Waals surface area contributed by atoms with Gasteiger partial charge in [0.15, 0.2) is 0 Å². The van der Waals surface area contributed by atoms with Gasteiger partial charge in [0, 0.05) is 13.1 Å². The molecule has 1 aromatic carbocycles. The van der Waals surface area contributed by atoms with Gasteiger partial charge in [0.05, 0.1) is 5.92 Å². The number of thiophene rings is 1. The summed E-state index contributed by atoms with van der Waals surface area (Å²) in [6, 6.07) is 9.43. The third kappa shape index (κ3) is 4.16. The Bertz CT molecular complexity index is 867. The fourth-order valence-electron chi connectivity index (χ4n) is 3.09. The van der Waals surface area contributed by atoms with Crippen molar-refractivity contribution in [2.75, 3.05) is 13.1 Å². The van der Waals surface area contributed by atoms with E-state index in [9.17, 15) is 13.2 Å². The van der Waals surface area contributed by atoms with Gasteiger partial charge in [0.2, 0.25) is 0 Å². The lowest BCUT2D eigenvalue weighted by atomic mass is 9.98. The molecule has 0 radical (unpaired) electrons. The predicted molar refractivity (Wildman–Crippen MR) is 102 cm³/mol. The zero-order valence-electron chi connectivity index (χ0n) is 15.0. The number of sulfonamides is 1. The van der Waals surface area contributed by atoms with Crippen LogP contribution < -0.4 is 0 Å². The molecule has 0 spiro atoms. The van der Waals surface area contributed by atoms with Crippen LogP contribution in [0.1, 0.15) is 29.5 Å². The molecule has 0 bridgehead atoms. The molecule has 0 amide bonds. The normalized spacial score (nSPS) is 16.5. The first-order valence-corrected chi connectivity index (χ1v) is 11.0. The first-order chi connectivity index (χ1) is 12.4. The number of esters is 1. The van der Waals surface area contributed by atoms with Gasteiger partial charge >= 0.3 is 5.97 Å². The molecule has 0 atom stereocenters. The number of piperidine rings is 1. The summed E-state index contributed by atoms with van der Waals surface area (Å²) in [5, 5.41) is 1.75. The molecule has 1 aliphatic heterocycles. The molecule has 7 heteroatoms. The first kappa shape index (κ1) is 19.1. The van der Waals surface area contributed by atoms with E-state index in [2.05, 4.69) is 0 Å². The Hall–Kier alpha value is -1.70. The van der Waals surface area contributed by atoms with Crippen LogP contribution in [0, 0.1) is 19.8 Å². The lowest BCUT2D eigenvalue weighted by Gasteiger charge is -2.29. The number of hydrogen-bond acceptors (Lipinski definition) is 5. The molecule has 26 heavy (non-hydrogen) atoms. The zero-order chi connectivity index (χ0) is 18.7. The lowest BCUT2D eigenvalue weighted by Crippen LogP contribution is -2.40. The van der Waals surface area contributed by atoms with Crippen LogP contribution in [0.2, 0.25) is 0 Å². The minimum Gasteiger partial charge on any atom is -0.461 e. The smallest absolute Gasteiger partial charge is 0.309 e. The summed E-state index contributed by atoms with van der Waals surface area (Å²) >= 11 is 1.22. The molecule has 2 heterocycles. The lowest BCUT2D eigenvalue weighted by molar-refractivity contribution is -0.151. The highest BCUT2D eigenvalue weighted by atomic mass is 32.2. The van der Waals surface area contributed by atoms with Gasteiger partial charge in [-0.2, -0.15) is 4.31 Å². The monoisotopic (exact) mass is 393 g/mol. The summed E-state index contributed by atoms with van der Waals surface area (Å²) in [7, 11) is -3.43. The molecule has 1 fully saturated rings. The van der Waals surface area contributed by atoms with E-state index in [1.54, 1.807) is 17.5 Å². The third-order valence-electron chi connectivity index (χ3n) is 4.75. The second-order valence-electron chi connectivity index (χ2n) is 6.65. The fourth-order valence-corrected chi connectivity index (χ4v) is 5.71. The van der Waals surface area contributed by atoms with Gasteiger partial charge in [0.25, 0.3) is 10.0 Å². The van der Waals surface area contributed by atoms with Crippen molar-refractivity contribution in [3.8, 4) is 0 Å². The van der Waals surface area contributed by atoms with Gasteiger partial charge in [-0.1, -0.05) is 29.8 Å². The maximum absolute atomic E-state index is 12.5. The second kappa shape index (κ2) is 7.90. The van der Waals surface area contributed by atoms with Gasteiger partial charge < -0.3 is 4.74 Å². The number of aryl methyl sites for hydroxylation is 2. The van der Waals surface area contributed by atoms with Gasteiger partial charge in [-0.3, -0.25) is 4.79 Å². The van der Waals surface area contributed by atoms with Crippen LogP contribution in [0.15, 0.2) is 39.9 Å². The minimum absolute atomic E-state index is 0.237. The number of carbonyl (C=O) groups excluding carboxylic acids is 1. The standard InChI is InChI=1S/C19H23NO4S2/c1-14-5-6-15(2)17(12-14)13-24-19(21)16-7-9-20(10-8-16)26(22,23)18-4-3-11-25-18/h3-6,11-12,16H,7-10,13H2,1-2H3. The Kier molecular flexibility index (Phi) is 5.79. The zero-order valence-corrected chi connectivity index (χ0v) is 16.6. The topological polar surface area (TPSA) is 63.7 Å². The van der Waals surface area contributed by atoms with E-state index in [1.807, 2.05) is 32.0 Å². The fraction of sp³-hybridized carbons (Fsp3) is 0.421. The van der Waals surface area contributed by atoms with Crippen molar-refractivity contribution in [3.63, 3.8) is 0 Å². The highest BCUT2D eigenvalue weighted by Crippen LogP contribution is 2.27. The van der Waals surface area contributed by atoms with Crippen LogP contribution in [0.25, 0.3) is 0 Å². The summed E-state index contributed by atoms with van der Waals surface area (Å²) in [4.78, 5) is 12.4. The molecule has 0 saturated carbocycles.